The number of phenols is 1. The van der Waals surface area contributed by atoms with Crippen LogP contribution in [0.1, 0.15) is 24.5 Å². The lowest BCUT2D eigenvalue weighted by molar-refractivity contribution is 0.245. The molecule has 0 aliphatic carbocycles. The van der Waals surface area contributed by atoms with Crippen molar-refractivity contribution in [1.82, 2.24) is 0 Å². The highest BCUT2D eigenvalue weighted by atomic mass is 16.3. The van der Waals surface area contributed by atoms with E-state index in [2.05, 4.69) is 0 Å². The molecule has 3 heteroatoms. The van der Waals surface area contributed by atoms with Crippen LogP contribution in [0.25, 0.3) is 0 Å². The second kappa shape index (κ2) is 3.98. The molecule has 1 rings (SSSR count). The topological polar surface area (TPSA) is 66.5 Å². The van der Waals surface area contributed by atoms with Gasteiger partial charge in [-0.05, 0) is 26.3 Å². The molecule has 0 aliphatic rings. The molecule has 0 unspecified atom stereocenters. The van der Waals surface area contributed by atoms with E-state index < -0.39 is 5.54 Å². The number of aryl methyl sites for hydroxylation is 1. The lowest BCUT2D eigenvalue weighted by Crippen LogP contribution is -2.34. The third kappa shape index (κ3) is 2.25. The Balaban J connectivity index is 3.10. The highest BCUT2D eigenvalue weighted by Crippen LogP contribution is 2.30. The summed E-state index contributed by atoms with van der Waals surface area (Å²) in [6, 6.07) is 5.31. The molecule has 3 nitrogen and oxygen atoms in total. The van der Waals surface area contributed by atoms with Crippen LogP contribution in [0.15, 0.2) is 18.2 Å². The Morgan fingerprint density at radius 3 is 2.64 bits per heavy atom. The van der Waals surface area contributed by atoms with Gasteiger partial charge < -0.3 is 15.9 Å². The highest BCUT2D eigenvalue weighted by molar-refractivity contribution is 5.40. The Morgan fingerprint density at radius 1 is 1.43 bits per heavy atom. The number of nitrogens with two attached hydrogens (primary N) is 1. The Labute approximate surface area is 84.2 Å². The van der Waals surface area contributed by atoms with Crippen LogP contribution >= 0.6 is 0 Å². The van der Waals surface area contributed by atoms with Crippen molar-refractivity contribution in [3.63, 3.8) is 0 Å². The van der Waals surface area contributed by atoms with Gasteiger partial charge >= 0.3 is 0 Å². The Kier molecular flexibility index (Phi) is 3.13. The summed E-state index contributed by atoms with van der Waals surface area (Å²) in [6.45, 7) is 3.76. The van der Waals surface area contributed by atoms with E-state index in [1.54, 1.807) is 13.0 Å². The van der Waals surface area contributed by atoms with Gasteiger partial charge in [0.1, 0.15) is 5.75 Å². The fourth-order valence-corrected chi connectivity index (χ4v) is 1.47. The van der Waals surface area contributed by atoms with E-state index in [1.165, 1.54) is 0 Å². The number of aliphatic hydroxyl groups excluding tert-OH is 1. The molecule has 1 aromatic rings. The normalized spacial score (nSPS) is 15.1. The van der Waals surface area contributed by atoms with E-state index in [0.717, 1.165) is 5.56 Å². The van der Waals surface area contributed by atoms with Crippen molar-refractivity contribution < 1.29 is 10.2 Å². The third-order valence-electron chi connectivity index (χ3n) is 2.40. The Morgan fingerprint density at radius 2 is 2.07 bits per heavy atom. The lowest BCUT2D eigenvalue weighted by Gasteiger charge is -2.25. The number of benzene rings is 1. The van der Waals surface area contributed by atoms with Crippen molar-refractivity contribution in [2.75, 3.05) is 6.61 Å². The summed E-state index contributed by atoms with van der Waals surface area (Å²) in [6.07, 6.45) is 0.435. The van der Waals surface area contributed by atoms with Gasteiger partial charge in [-0.1, -0.05) is 17.7 Å². The summed E-state index contributed by atoms with van der Waals surface area (Å²) in [7, 11) is 0. The van der Waals surface area contributed by atoms with Crippen LogP contribution in [0.4, 0.5) is 0 Å². The fraction of sp³-hybridized carbons (Fsp3) is 0.455. The summed E-state index contributed by atoms with van der Waals surface area (Å²) in [5, 5.41) is 18.5. The zero-order valence-electron chi connectivity index (χ0n) is 8.62. The molecular formula is C11H17NO2. The second-order valence-corrected chi connectivity index (χ2v) is 3.91. The van der Waals surface area contributed by atoms with Crippen LogP contribution in [0, 0.1) is 6.92 Å². The smallest absolute Gasteiger partial charge is 0.120 e. The first kappa shape index (κ1) is 11.0. The maximum Gasteiger partial charge on any atom is 0.120 e. The largest absolute Gasteiger partial charge is 0.508 e. The van der Waals surface area contributed by atoms with E-state index in [-0.39, 0.29) is 12.4 Å². The summed E-state index contributed by atoms with van der Waals surface area (Å²) in [5.74, 6) is 0.189. The molecular weight excluding hydrogens is 178 g/mol. The van der Waals surface area contributed by atoms with Gasteiger partial charge in [-0.2, -0.15) is 0 Å². The summed E-state index contributed by atoms with van der Waals surface area (Å²) >= 11 is 0. The number of aromatic hydroxyl groups is 1. The minimum absolute atomic E-state index is 0.0143. The Bertz CT molecular complexity index is 321. The van der Waals surface area contributed by atoms with Crippen LogP contribution in [-0.2, 0) is 5.54 Å². The summed E-state index contributed by atoms with van der Waals surface area (Å²) < 4.78 is 0. The molecule has 0 saturated heterocycles. The zero-order chi connectivity index (χ0) is 10.8. The number of aliphatic hydroxyl groups is 1. The molecule has 0 radical (unpaired) electrons. The predicted octanol–water partition coefficient (Wildman–Crippen LogP) is 1.26. The monoisotopic (exact) mass is 195 g/mol. The molecule has 1 atom stereocenters. The molecule has 0 fully saturated rings. The molecule has 78 valence electrons. The maximum absolute atomic E-state index is 9.64. The van der Waals surface area contributed by atoms with Crippen molar-refractivity contribution in [2.45, 2.75) is 25.8 Å². The zero-order valence-corrected chi connectivity index (χ0v) is 8.62. The average molecular weight is 195 g/mol. The van der Waals surface area contributed by atoms with Gasteiger partial charge in [-0.25, -0.2) is 0 Å². The molecule has 0 saturated carbocycles. The van der Waals surface area contributed by atoms with Gasteiger partial charge in [0.2, 0.25) is 0 Å². The van der Waals surface area contributed by atoms with E-state index in [4.69, 9.17) is 10.8 Å². The van der Waals surface area contributed by atoms with Crippen molar-refractivity contribution >= 4 is 0 Å². The molecule has 0 heterocycles. The third-order valence-corrected chi connectivity index (χ3v) is 2.40. The lowest BCUT2D eigenvalue weighted by atomic mass is 9.88. The minimum atomic E-state index is -0.676. The van der Waals surface area contributed by atoms with Gasteiger partial charge in [-0.3, -0.25) is 0 Å². The maximum atomic E-state index is 9.64. The molecule has 1 aromatic carbocycles. The molecule has 0 amide bonds. The van der Waals surface area contributed by atoms with Gasteiger partial charge in [0.05, 0.1) is 0 Å². The standard InChI is InChI=1S/C11H17NO2/c1-8-3-4-10(14)9(7-8)11(2,12)5-6-13/h3-4,7,13-14H,5-6,12H2,1-2H3/t11-/m1/s1. The fourth-order valence-electron chi connectivity index (χ4n) is 1.47. The predicted molar refractivity (Wildman–Crippen MR) is 56.1 cm³/mol. The van der Waals surface area contributed by atoms with Crippen molar-refractivity contribution in [3.05, 3.63) is 29.3 Å². The Hall–Kier alpha value is -1.06. The van der Waals surface area contributed by atoms with Crippen LogP contribution in [0.2, 0.25) is 0 Å². The molecule has 4 N–H and O–H groups in total. The molecule has 0 bridgehead atoms. The number of hydrogen-bond donors (Lipinski definition) is 3. The van der Waals surface area contributed by atoms with Crippen molar-refractivity contribution in [2.24, 2.45) is 5.73 Å². The quantitative estimate of drug-likeness (QED) is 0.680. The van der Waals surface area contributed by atoms with Gasteiger partial charge in [0.15, 0.2) is 0 Å². The minimum Gasteiger partial charge on any atom is -0.508 e. The van der Waals surface area contributed by atoms with Gasteiger partial charge in [-0.15, -0.1) is 0 Å². The molecule has 0 spiro atoms. The average Bonchev–Trinajstić information content (AvgIpc) is 2.09. The highest BCUT2D eigenvalue weighted by Gasteiger charge is 2.23. The van der Waals surface area contributed by atoms with Crippen LogP contribution < -0.4 is 5.73 Å². The first-order valence-electron chi connectivity index (χ1n) is 4.67. The number of rotatable bonds is 3. The van der Waals surface area contributed by atoms with E-state index >= 15 is 0 Å². The van der Waals surface area contributed by atoms with Crippen molar-refractivity contribution in [1.29, 1.82) is 0 Å². The first-order valence-corrected chi connectivity index (χ1v) is 4.67. The molecule has 0 aromatic heterocycles. The van der Waals surface area contributed by atoms with E-state index in [0.29, 0.717) is 12.0 Å². The SMILES string of the molecule is Cc1ccc(O)c([C@](C)(N)CCO)c1. The van der Waals surface area contributed by atoms with E-state index in [1.807, 2.05) is 19.1 Å². The van der Waals surface area contributed by atoms with Crippen molar-refractivity contribution in [3.8, 4) is 5.75 Å². The second-order valence-electron chi connectivity index (χ2n) is 3.91. The van der Waals surface area contributed by atoms with Gasteiger partial charge in [0.25, 0.3) is 0 Å². The van der Waals surface area contributed by atoms with Gasteiger partial charge in [0, 0.05) is 17.7 Å². The van der Waals surface area contributed by atoms with Crippen LogP contribution in [-0.4, -0.2) is 16.8 Å². The van der Waals surface area contributed by atoms with Crippen LogP contribution in [0.5, 0.6) is 5.75 Å². The molecule has 14 heavy (non-hydrogen) atoms. The first-order chi connectivity index (χ1) is 6.47. The molecule has 0 aliphatic heterocycles. The number of phenolic OH excluding ortho intramolecular Hbond substituents is 1. The number of hydrogen-bond acceptors (Lipinski definition) is 3. The van der Waals surface area contributed by atoms with E-state index in [9.17, 15) is 5.11 Å². The van der Waals surface area contributed by atoms with Crippen LogP contribution in [0.3, 0.4) is 0 Å². The summed E-state index contributed by atoms with van der Waals surface area (Å²) in [4.78, 5) is 0. The summed E-state index contributed by atoms with van der Waals surface area (Å²) in [5.41, 5.74) is 7.06.